The molecule has 2 aliphatic heterocycles. The van der Waals surface area contributed by atoms with Gasteiger partial charge in [0, 0.05) is 18.1 Å². The molecule has 1 nitrogen and oxygen atoms in total. The van der Waals surface area contributed by atoms with E-state index in [9.17, 15) is 0 Å². The third-order valence-electron chi connectivity index (χ3n) is 4.61. The Balaban J connectivity index is 2.08. The minimum Gasteiger partial charge on any atom is -0.295 e. The molecule has 2 fully saturated rings. The molecule has 1 heteroatoms. The zero-order chi connectivity index (χ0) is 11.2. The maximum absolute atomic E-state index is 2.79. The summed E-state index contributed by atoms with van der Waals surface area (Å²) in [6, 6.07) is 2.55. The second-order valence-electron chi connectivity index (χ2n) is 6.96. The number of rotatable bonds is 1. The average molecular weight is 209 g/mol. The van der Waals surface area contributed by atoms with E-state index < -0.39 is 0 Å². The molecule has 15 heavy (non-hydrogen) atoms. The second-order valence-corrected chi connectivity index (χ2v) is 6.96. The van der Waals surface area contributed by atoms with Crippen molar-refractivity contribution in [3.05, 3.63) is 0 Å². The lowest BCUT2D eigenvalue weighted by Crippen LogP contribution is -2.48. The van der Waals surface area contributed by atoms with Crippen molar-refractivity contribution in [1.82, 2.24) is 4.90 Å². The Morgan fingerprint density at radius 3 is 1.80 bits per heavy atom. The van der Waals surface area contributed by atoms with Gasteiger partial charge in [-0.05, 0) is 50.9 Å². The zero-order valence-electron chi connectivity index (χ0n) is 11.1. The number of nitrogens with zero attached hydrogens (tertiary/aromatic N) is 1. The summed E-state index contributed by atoms with van der Waals surface area (Å²) in [4.78, 5) is 2.79. The van der Waals surface area contributed by atoms with E-state index in [2.05, 4.69) is 39.5 Å². The van der Waals surface area contributed by atoms with E-state index in [1.807, 2.05) is 0 Å². The summed E-state index contributed by atoms with van der Waals surface area (Å²) in [5, 5.41) is 0. The van der Waals surface area contributed by atoms with Crippen LogP contribution in [-0.2, 0) is 0 Å². The van der Waals surface area contributed by atoms with Crippen LogP contribution in [0.2, 0.25) is 0 Å². The molecule has 1 unspecified atom stereocenters. The molecule has 0 N–H and O–H groups in total. The zero-order valence-corrected chi connectivity index (χ0v) is 11.1. The largest absolute Gasteiger partial charge is 0.295 e. The minimum atomic E-state index is 0.518. The number of fused-ring (bicyclic) bond motifs is 2. The van der Waals surface area contributed by atoms with Crippen molar-refractivity contribution in [2.45, 2.75) is 78.4 Å². The number of hydrogen-bond acceptors (Lipinski definition) is 1. The maximum Gasteiger partial charge on any atom is 0.0104 e. The summed E-state index contributed by atoms with van der Waals surface area (Å²) in [5.41, 5.74) is 0.518. The fraction of sp³-hybridized carbons (Fsp3) is 1.00. The van der Waals surface area contributed by atoms with Crippen molar-refractivity contribution in [3.63, 3.8) is 0 Å². The highest BCUT2D eigenvalue weighted by Gasteiger charge is 2.44. The van der Waals surface area contributed by atoms with E-state index in [4.69, 9.17) is 0 Å². The van der Waals surface area contributed by atoms with Crippen LogP contribution in [-0.4, -0.2) is 23.0 Å². The molecule has 0 radical (unpaired) electrons. The van der Waals surface area contributed by atoms with Gasteiger partial charge in [0.2, 0.25) is 0 Å². The third kappa shape index (κ3) is 2.08. The predicted molar refractivity (Wildman–Crippen MR) is 66.0 cm³/mol. The molecular formula is C14H27N. The molecule has 0 aliphatic carbocycles. The van der Waals surface area contributed by atoms with Crippen molar-refractivity contribution in [2.24, 2.45) is 11.3 Å². The number of hydrogen-bond donors (Lipinski definition) is 0. The van der Waals surface area contributed by atoms with E-state index >= 15 is 0 Å². The van der Waals surface area contributed by atoms with Gasteiger partial charge in [0.1, 0.15) is 0 Å². The van der Waals surface area contributed by atoms with Gasteiger partial charge >= 0.3 is 0 Å². The quantitative estimate of drug-likeness (QED) is 0.637. The van der Waals surface area contributed by atoms with Gasteiger partial charge in [-0.2, -0.15) is 0 Å². The molecule has 0 spiro atoms. The van der Waals surface area contributed by atoms with Crippen LogP contribution in [0.1, 0.15) is 60.3 Å². The molecule has 0 saturated carbocycles. The van der Waals surface area contributed by atoms with Crippen LogP contribution in [0.25, 0.3) is 0 Å². The molecule has 2 heterocycles. The summed E-state index contributed by atoms with van der Waals surface area (Å²) in [6.45, 7) is 12.0. The molecule has 88 valence electrons. The Labute approximate surface area is 95.2 Å². The van der Waals surface area contributed by atoms with Gasteiger partial charge in [-0.1, -0.05) is 20.8 Å². The molecular weight excluding hydrogens is 182 g/mol. The van der Waals surface area contributed by atoms with Crippen LogP contribution in [0.4, 0.5) is 0 Å². The van der Waals surface area contributed by atoms with Crippen LogP contribution >= 0.6 is 0 Å². The summed E-state index contributed by atoms with van der Waals surface area (Å²) in [5.74, 6) is 0.949. The van der Waals surface area contributed by atoms with Gasteiger partial charge in [0.15, 0.2) is 0 Å². The van der Waals surface area contributed by atoms with Gasteiger partial charge in [0.25, 0.3) is 0 Å². The van der Waals surface area contributed by atoms with E-state index in [1.165, 1.54) is 25.7 Å². The highest BCUT2D eigenvalue weighted by molar-refractivity contribution is 4.98. The smallest absolute Gasteiger partial charge is 0.0104 e. The van der Waals surface area contributed by atoms with Crippen molar-refractivity contribution in [1.29, 1.82) is 0 Å². The minimum absolute atomic E-state index is 0.518. The third-order valence-corrected chi connectivity index (χ3v) is 4.61. The van der Waals surface area contributed by atoms with Crippen molar-refractivity contribution in [2.75, 3.05) is 0 Å². The molecule has 2 rings (SSSR count). The normalized spacial score (nSPS) is 37.6. The Hall–Kier alpha value is -0.0400. The fourth-order valence-electron chi connectivity index (χ4n) is 3.76. The standard InChI is InChI=1S/C14H27N/c1-10(2)15-12-6-7-13(15)9-11(8-12)14(3,4)5/h10-13H,6-9H2,1-5H3/t11?,12-,13+. The van der Waals surface area contributed by atoms with Crippen LogP contribution in [0, 0.1) is 11.3 Å². The first kappa shape index (κ1) is 11.4. The monoisotopic (exact) mass is 209 g/mol. The van der Waals surface area contributed by atoms with E-state index in [1.54, 1.807) is 0 Å². The average Bonchev–Trinajstić information content (AvgIpc) is 2.35. The summed E-state index contributed by atoms with van der Waals surface area (Å²) >= 11 is 0. The van der Waals surface area contributed by atoms with Gasteiger partial charge < -0.3 is 0 Å². The molecule has 2 aliphatic rings. The van der Waals surface area contributed by atoms with Crippen molar-refractivity contribution in [3.8, 4) is 0 Å². The SMILES string of the molecule is CC(C)N1[C@@H]2CC[C@H]1CC(C(C)(C)C)C2. The van der Waals surface area contributed by atoms with Crippen LogP contribution < -0.4 is 0 Å². The van der Waals surface area contributed by atoms with Gasteiger partial charge in [0.05, 0.1) is 0 Å². The summed E-state index contributed by atoms with van der Waals surface area (Å²) in [6.07, 6.45) is 5.79. The first-order valence-electron chi connectivity index (χ1n) is 6.67. The lowest BCUT2D eigenvalue weighted by atomic mass is 9.73. The second kappa shape index (κ2) is 3.76. The first-order chi connectivity index (χ1) is 6.89. The molecule has 0 aromatic rings. The summed E-state index contributed by atoms with van der Waals surface area (Å²) in [7, 11) is 0. The van der Waals surface area contributed by atoms with Gasteiger partial charge in [-0.25, -0.2) is 0 Å². The predicted octanol–water partition coefficient (Wildman–Crippen LogP) is 3.68. The maximum atomic E-state index is 2.79. The van der Waals surface area contributed by atoms with E-state index in [0.29, 0.717) is 5.41 Å². The lowest BCUT2D eigenvalue weighted by molar-refractivity contribution is 0.0342. The number of piperidine rings is 1. The Morgan fingerprint density at radius 1 is 1.00 bits per heavy atom. The molecule has 2 bridgehead atoms. The van der Waals surface area contributed by atoms with Crippen molar-refractivity contribution >= 4 is 0 Å². The van der Waals surface area contributed by atoms with Gasteiger partial charge in [-0.3, -0.25) is 4.90 Å². The first-order valence-corrected chi connectivity index (χ1v) is 6.67. The van der Waals surface area contributed by atoms with E-state index in [-0.39, 0.29) is 0 Å². The molecule has 0 aromatic heterocycles. The fourth-order valence-corrected chi connectivity index (χ4v) is 3.76. The highest BCUT2D eigenvalue weighted by Crippen LogP contribution is 2.45. The highest BCUT2D eigenvalue weighted by atomic mass is 15.2. The van der Waals surface area contributed by atoms with Gasteiger partial charge in [-0.15, -0.1) is 0 Å². The Morgan fingerprint density at radius 2 is 1.47 bits per heavy atom. The molecule has 2 saturated heterocycles. The summed E-state index contributed by atoms with van der Waals surface area (Å²) < 4.78 is 0. The molecule has 3 atom stereocenters. The van der Waals surface area contributed by atoms with Crippen LogP contribution in [0.15, 0.2) is 0 Å². The lowest BCUT2D eigenvalue weighted by Gasteiger charge is -2.45. The Kier molecular flexibility index (Phi) is 2.87. The Bertz CT molecular complexity index is 212. The van der Waals surface area contributed by atoms with Crippen LogP contribution in [0.3, 0.4) is 0 Å². The topological polar surface area (TPSA) is 3.24 Å². The molecule has 0 amide bonds. The molecule has 0 aromatic carbocycles. The van der Waals surface area contributed by atoms with E-state index in [0.717, 1.165) is 24.0 Å². The van der Waals surface area contributed by atoms with Crippen LogP contribution in [0.5, 0.6) is 0 Å². The van der Waals surface area contributed by atoms with Crippen molar-refractivity contribution < 1.29 is 0 Å².